The zero-order valence-corrected chi connectivity index (χ0v) is 16.2. The number of nitrogens with zero attached hydrogens (tertiary/aromatic N) is 4. The van der Waals surface area contributed by atoms with Crippen molar-refractivity contribution < 1.29 is 10.2 Å². The summed E-state index contributed by atoms with van der Waals surface area (Å²) in [5.41, 5.74) is 1.86. The molecule has 3 N–H and O–H groups in total. The van der Waals surface area contributed by atoms with Gasteiger partial charge in [0.15, 0.2) is 0 Å². The first-order valence-corrected chi connectivity index (χ1v) is 10.0. The number of phenolic OH excluding ortho intramolecular Hbond substituents is 1. The van der Waals surface area contributed by atoms with E-state index in [0.717, 1.165) is 36.1 Å². The average molecular weight is 385 g/mol. The first kappa shape index (κ1) is 18.1. The van der Waals surface area contributed by atoms with E-state index in [1.54, 1.807) is 11.3 Å². The Kier molecular flexibility index (Phi) is 4.94. The number of hydrogen-bond acceptors (Lipinski definition) is 8. The SMILES string of the molecule is CCN1CC[C@H](O)[C@@H](Nc2nnc(-c3ccc4sccc4c3O)c(C)n2)C1. The van der Waals surface area contributed by atoms with Gasteiger partial charge in [-0.25, -0.2) is 4.98 Å². The van der Waals surface area contributed by atoms with Gasteiger partial charge in [-0.3, -0.25) is 0 Å². The zero-order chi connectivity index (χ0) is 19.0. The molecular weight excluding hydrogens is 362 g/mol. The Labute approximate surface area is 161 Å². The molecule has 1 aromatic carbocycles. The first-order valence-electron chi connectivity index (χ1n) is 9.14. The van der Waals surface area contributed by atoms with Crippen LogP contribution in [-0.2, 0) is 0 Å². The molecule has 3 aromatic rings. The highest BCUT2D eigenvalue weighted by molar-refractivity contribution is 7.17. The molecule has 0 radical (unpaired) electrons. The van der Waals surface area contributed by atoms with E-state index < -0.39 is 6.10 Å². The Morgan fingerprint density at radius 3 is 2.93 bits per heavy atom. The van der Waals surface area contributed by atoms with Crippen LogP contribution in [-0.4, -0.2) is 62.1 Å². The number of rotatable bonds is 4. The van der Waals surface area contributed by atoms with E-state index >= 15 is 0 Å². The third kappa shape index (κ3) is 3.47. The number of phenols is 1. The Morgan fingerprint density at radius 2 is 2.15 bits per heavy atom. The number of aliphatic hydroxyl groups excluding tert-OH is 1. The molecule has 4 rings (SSSR count). The third-order valence-corrected chi connectivity index (χ3v) is 6.03. The zero-order valence-electron chi connectivity index (χ0n) is 15.4. The Morgan fingerprint density at radius 1 is 1.30 bits per heavy atom. The smallest absolute Gasteiger partial charge is 0.243 e. The van der Waals surface area contributed by atoms with Gasteiger partial charge in [0.05, 0.1) is 17.8 Å². The maximum absolute atomic E-state index is 10.6. The van der Waals surface area contributed by atoms with Crippen molar-refractivity contribution in [3.05, 3.63) is 29.3 Å². The van der Waals surface area contributed by atoms with Crippen LogP contribution in [0.5, 0.6) is 5.75 Å². The summed E-state index contributed by atoms with van der Waals surface area (Å²) in [6.07, 6.45) is 0.297. The predicted molar refractivity (Wildman–Crippen MR) is 107 cm³/mol. The highest BCUT2D eigenvalue weighted by Crippen LogP contribution is 2.37. The van der Waals surface area contributed by atoms with E-state index in [2.05, 4.69) is 32.3 Å². The molecule has 0 bridgehead atoms. The number of hydrogen-bond donors (Lipinski definition) is 3. The maximum atomic E-state index is 10.6. The van der Waals surface area contributed by atoms with Gasteiger partial charge >= 0.3 is 0 Å². The van der Waals surface area contributed by atoms with Crippen LogP contribution in [0.3, 0.4) is 0 Å². The number of benzene rings is 1. The van der Waals surface area contributed by atoms with Gasteiger partial charge in [0.2, 0.25) is 5.95 Å². The normalized spacial score (nSPS) is 20.9. The number of likely N-dealkylation sites (tertiary alicyclic amines) is 1. The number of nitrogens with one attached hydrogen (secondary N) is 1. The van der Waals surface area contributed by atoms with Gasteiger partial charge < -0.3 is 20.4 Å². The molecule has 1 saturated heterocycles. The number of aryl methyl sites for hydroxylation is 1. The van der Waals surface area contributed by atoms with Crippen LogP contribution in [0.15, 0.2) is 23.6 Å². The van der Waals surface area contributed by atoms with Crippen LogP contribution in [0.25, 0.3) is 21.3 Å². The van der Waals surface area contributed by atoms with Crippen LogP contribution in [0, 0.1) is 6.92 Å². The molecule has 8 heteroatoms. The molecule has 1 fully saturated rings. The highest BCUT2D eigenvalue weighted by atomic mass is 32.1. The lowest BCUT2D eigenvalue weighted by Gasteiger charge is -2.35. The molecule has 7 nitrogen and oxygen atoms in total. The van der Waals surface area contributed by atoms with Gasteiger partial charge in [-0.2, -0.15) is 0 Å². The van der Waals surface area contributed by atoms with E-state index in [-0.39, 0.29) is 11.8 Å². The molecule has 0 aliphatic carbocycles. The molecule has 1 aliphatic rings. The molecule has 0 amide bonds. The Hall–Kier alpha value is -2.29. The van der Waals surface area contributed by atoms with Crippen molar-refractivity contribution in [2.45, 2.75) is 32.4 Å². The van der Waals surface area contributed by atoms with Crippen molar-refractivity contribution in [2.75, 3.05) is 25.0 Å². The lowest BCUT2D eigenvalue weighted by Crippen LogP contribution is -2.50. The van der Waals surface area contributed by atoms with E-state index in [9.17, 15) is 10.2 Å². The highest BCUT2D eigenvalue weighted by Gasteiger charge is 2.27. The first-order chi connectivity index (χ1) is 13.1. The summed E-state index contributed by atoms with van der Waals surface area (Å²) >= 11 is 1.58. The molecule has 3 heterocycles. The summed E-state index contributed by atoms with van der Waals surface area (Å²) in [6, 6.07) is 5.60. The van der Waals surface area contributed by atoms with E-state index in [0.29, 0.717) is 22.9 Å². The summed E-state index contributed by atoms with van der Waals surface area (Å²) in [7, 11) is 0. The van der Waals surface area contributed by atoms with Crippen LogP contribution in [0.2, 0.25) is 0 Å². The van der Waals surface area contributed by atoms with Gasteiger partial charge in [0.25, 0.3) is 0 Å². The summed E-state index contributed by atoms with van der Waals surface area (Å²) in [5.74, 6) is 0.601. The standard InChI is InChI=1S/C19H23N5O2S/c1-3-24-8-6-15(25)14(10-24)21-19-20-11(2)17(22-23-19)13-4-5-16-12(18(13)26)7-9-27-16/h4-5,7,9,14-15,25-26H,3,6,8,10H2,1-2H3,(H,20,21,23)/t14-,15-/m0/s1. The fraction of sp³-hybridized carbons (Fsp3) is 0.421. The summed E-state index contributed by atoms with van der Waals surface area (Å²) in [4.78, 5) is 6.80. The minimum absolute atomic E-state index is 0.124. The summed E-state index contributed by atoms with van der Waals surface area (Å²) in [5, 5.41) is 35.3. The lowest BCUT2D eigenvalue weighted by molar-refractivity contribution is 0.0720. The number of piperidine rings is 1. The Balaban J connectivity index is 1.59. The minimum atomic E-state index is -0.429. The second-order valence-electron chi connectivity index (χ2n) is 6.86. The predicted octanol–water partition coefficient (Wildman–Crippen LogP) is 2.63. The van der Waals surface area contributed by atoms with E-state index in [1.807, 2.05) is 30.5 Å². The van der Waals surface area contributed by atoms with E-state index in [4.69, 9.17) is 0 Å². The molecule has 1 aliphatic heterocycles. The van der Waals surface area contributed by atoms with Gasteiger partial charge in [-0.1, -0.05) is 6.92 Å². The van der Waals surface area contributed by atoms with E-state index in [1.165, 1.54) is 0 Å². The van der Waals surface area contributed by atoms with Crippen LogP contribution in [0.1, 0.15) is 19.0 Å². The second kappa shape index (κ2) is 7.38. The molecule has 0 saturated carbocycles. The topological polar surface area (TPSA) is 94.4 Å². The fourth-order valence-electron chi connectivity index (χ4n) is 3.54. The van der Waals surface area contributed by atoms with Crippen molar-refractivity contribution in [1.82, 2.24) is 20.1 Å². The molecule has 2 aromatic heterocycles. The number of anilines is 1. The monoisotopic (exact) mass is 385 g/mol. The largest absolute Gasteiger partial charge is 0.507 e. The Bertz CT molecular complexity index is 960. The van der Waals surface area contributed by atoms with Gasteiger partial charge in [0.1, 0.15) is 11.4 Å². The molecule has 142 valence electrons. The molecule has 2 atom stereocenters. The number of likely N-dealkylation sites (N-methyl/N-ethyl adjacent to an activating group) is 1. The lowest BCUT2D eigenvalue weighted by atomic mass is 10.0. The molecular formula is C19H23N5O2S. The summed E-state index contributed by atoms with van der Waals surface area (Å²) in [6.45, 7) is 6.56. The number of aromatic nitrogens is 3. The van der Waals surface area contributed by atoms with Gasteiger partial charge in [0, 0.05) is 28.7 Å². The number of aliphatic hydroxyl groups is 1. The third-order valence-electron chi connectivity index (χ3n) is 5.15. The van der Waals surface area contributed by atoms with Crippen molar-refractivity contribution >= 4 is 27.4 Å². The van der Waals surface area contributed by atoms with Crippen molar-refractivity contribution in [1.29, 1.82) is 0 Å². The summed E-state index contributed by atoms with van der Waals surface area (Å²) < 4.78 is 1.03. The number of thiophene rings is 1. The van der Waals surface area contributed by atoms with Crippen molar-refractivity contribution in [3.63, 3.8) is 0 Å². The molecule has 27 heavy (non-hydrogen) atoms. The maximum Gasteiger partial charge on any atom is 0.243 e. The molecule has 0 spiro atoms. The average Bonchev–Trinajstić information content (AvgIpc) is 3.14. The van der Waals surface area contributed by atoms with Crippen molar-refractivity contribution in [3.8, 4) is 17.0 Å². The van der Waals surface area contributed by atoms with Crippen LogP contribution in [0.4, 0.5) is 5.95 Å². The quantitative estimate of drug-likeness (QED) is 0.635. The van der Waals surface area contributed by atoms with Gasteiger partial charge in [-0.15, -0.1) is 21.5 Å². The fourth-order valence-corrected chi connectivity index (χ4v) is 4.32. The minimum Gasteiger partial charge on any atom is -0.507 e. The van der Waals surface area contributed by atoms with Gasteiger partial charge in [-0.05, 0) is 43.5 Å². The number of aromatic hydroxyl groups is 1. The second-order valence-corrected chi connectivity index (χ2v) is 7.81. The van der Waals surface area contributed by atoms with Crippen molar-refractivity contribution in [2.24, 2.45) is 0 Å². The van der Waals surface area contributed by atoms with Crippen LogP contribution >= 0.6 is 11.3 Å². The molecule has 0 unspecified atom stereocenters. The van der Waals surface area contributed by atoms with Crippen LogP contribution < -0.4 is 5.32 Å². The number of fused-ring (bicyclic) bond motifs is 1.